The number of carbonyl (C=O) groups is 1. The fourth-order valence-corrected chi connectivity index (χ4v) is 5.28. The summed E-state index contributed by atoms with van der Waals surface area (Å²) in [6.07, 6.45) is -0.210. The van der Waals surface area contributed by atoms with Gasteiger partial charge in [-0.25, -0.2) is 0 Å². The molecule has 2 saturated heterocycles. The van der Waals surface area contributed by atoms with E-state index in [2.05, 4.69) is 56.5 Å². The molecule has 2 aliphatic heterocycles. The zero-order valence-corrected chi connectivity index (χ0v) is 21.7. The molecule has 0 radical (unpaired) electrons. The summed E-state index contributed by atoms with van der Waals surface area (Å²) in [6, 6.07) is 3.31. The highest BCUT2D eigenvalue weighted by Crippen LogP contribution is 2.40. The molecule has 0 N–H and O–H groups in total. The standard InChI is InChI=1S/C20H29ClINO5Si/c1-20(2,3)29(5,6)27-11-15-13-10-26-19(24)17(13)23(28-15)9-12-7-8-14(21)16(22)18(12)25-4/h7-8,13,15,17H,9-11H2,1-6H3/t13?,15-,17?/m0/s1. The van der Waals surface area contributed by atoms with Gasteiger partial charge in [0.15, 0.2) is 8.32 Å². The number of halogens is 2. The molecular weight excluding hydrogens is 525 g/mol. The van der Waals surface area contributed by atoms with Crippen molar-refractivity contribution in [3.63, 3.8) is 0 Å². The molecule has 29 heavy (non-hydrogen) atoms. The number of hydrogen-bond acceptors (Lipinski definition) is 6. The van der Waals surface area contributed by atoms with E-state index in [1.807, 2.05) is 12.1 Å². The molecule has 2 aliphatic rings. The van der Waals surface area contributed by atoms with Gasteiger partial charge in [-0.2, -0.15) is 5.06 Å². The van der Waals surface area contributed by atoms with E-state index in [1.54, 1.807) is 12.2 Å². The van der Waals surface area contributed by atoms with E-state index in [-0.39, 0.29) is 23.0 Å². The summed E-state index contributed by atoms with van der Waals surface area (Å²) in [5.74, 6) is 0.419. The number of carbonyl (C=O) groups excluding carboxylic acids is 1. The third kappa shape index (κ3) is 4.62. The van der Waals surface area contributed by atoms with Crippen LogP contribution in [0.2, 0.25) is 23.2 Å². The molecule has 0 spiro atoms. The van der Waals surface area contributed by atoms with Crippen LogP contribution < -0.4 is 4.74 Å². The number of fused-ring (bicyclic) bond motifs is 1. The maximum absolute atomic E-state index is 12.4. The van der Waals surface area contributed by atoms with E-state index in [0.717, 1.165) is 9.13 Å². The molecule has 6 nitrogen and oxygen atoms in total. The summed E-state index contributed by atoms with van der Waals surface area (Å²) in [5, 5.41) is 2.47. The van der Waals surface area contributed by atoms with Gasteiger partial charge in [0, 0.05) is 5.56 Å². The third-order valence-electron chi connectivity index (χ3n) is 6.20. The zero-order chi connectivity index (χ0) is 21.6. The van der Waals surface area contributed by atoms with Gasteiger partial charge < -0.3 is 13.9 Å². The van der Waals surface area contributed by atoms with Crippen molar-refractivity contribution in [3.8, 4) is 5.75 Å². The van der Waals surface area contributed by atoms with Crippen molar-refractivity contribution in [1.29, 1.82) is 0 Å². The highest BCUT2D eigenvalue weighted by molar-refractivity contribution is 14.1. The van der Waals surface area contributed by atoms with E-state index < -0.39 is 14.4 Å². The molecule has 0 bridgehead atoms. The van der Waals surface area contributed by atoms with Gasteiger partial charge in [-0.1, -0.05) is 38.4 Å². The van der Waals surface area contributed by atoms with Gasteiger partial charge in [-0.05, 0) is 46.8 Å². The molecule has 3 atom stereocenters. The van der Waals surface area contributed by atoms with Gasteiger partial charge in [-0.3, -0.25) is 9.63 Å². The quantitative estimate of drug-likeness (QED) is 0.291. The smallest absolute Gasteiger partial charge is 0.326 e. The largest absolute Gasteiger partial charge is 0.495 e. The Morgan fingerprint density at radius 2 is 2.03 bits per heavy atom. The highest BCUT2D eigenvalue weighted by Gasteiger charge is 2.53. The van der Waals surface area contributed by atoms with Crippen LogP contribution in [-0.2, 0) is 25.3 Å². The summed E-state index contributed by atoms with van der Waals surface area (Å²) in [4.78, 5) is 18.6. The van der Waals surface area contributed by atoms with E-state index in [0.29, 0.717) is 30.5 Å². The van der Waals surface area contributed by atoms with Gasteiger partial charge >= 0.3 is 5.97 Å². The van der Waals surface area contributed by atoms with Crippen molar-refractivity contribution >= 4 is 48.5 Å². The zero-order valence-electron chi connectivity index (χ0n) is 17.8. The number of nitrogens with zero attached hydrogens (tertiary/aromatic N) is 1. The van der Waals surface area contributed by atoms with Crippen molar-refractivity contribution in [2.45, 2.75) is 57.6 Å². The van der Waals surface area contributed by atoms with Crippen molar-refractivity contribution in [2.75, 3.05) is 20.3 Å². The molecule has 3 rings (SSSR count). The summed E-state index contributed by atoms with van der Waals surface area (Å²) >= 11 is 8.38. The van der Waals surface area contributed by atoms with E-state index in [4.69, 9.17) is 30.3 Å². The molecule has 2 unspecified atom stereocenters. The van der Waals surface area contributed by atoms with E-state index >= 15 is 0 Å². The topological polar surface area (TPSA) is 57.2 Å². The third-order valence-corrected chi connectivity index (χ3v) is 12.4. The number of hydrogen-bond donors (Lipinski definition) is 0. The Balaban J connectivity index is 1.77. The Morgan fingerprint density at radius 1 is 1.34 bits per heavy atom. The second kappa shape index (κ2) is 8.62. The molecule has 1 aromatic carbocycles. The maximum atomic E-state index is 12.4. The molecule has 162 valence electrons. The molecule has 0 saturated carbocycles. The Hall–Kier alpha value is -0.393. The van der Waals surface area contributed by atoms with Crippen LogP contribution in [0.3, 0.4) is 0 Å². The van der Waals surface area contributed by atoms with Crippen molar-refractivity contribution in [3.05, 3.63) is 26.3 Å². The average molecular weight is 554 g/mol. The molecule has 9 heteroatoms. The highest BCUT2D eigenvalue weighted by atomic mass is 127. The van der Waals surface area contributed by atoms with E-state index in [9.17, 15) is 4.79 Å². The minimum Gasteiger partial charge on any atom is -0.495 e. The van der Waals surface area contributed by atoms with Crippen LogP contribution >= 0.6 is 34.2 Å². The van der Waals surface area contributed by atoms with E-state index in [1.165, 1.54) is 0 Å². The molecule has 0 amide bonds. The molecule has 2 heterocycles. The monoisotopic (exact) mass is 553 g/mol. The van der Waals surface area contributed by atoms with Gasteiger partial charge in [0.05, 0.1) is 41.4 Å². The Kier molecular flexibility index (Phi) is 6.92. The number of esters is 1. The predicted molar refractivity (Wildman–Crippen MR) is 123 cm³/mol. The Labute approximate surface area is 192 Å². The number of ether oxygens (including phenoxy) is 2. The molecule has 0 aliphatic carbocycles. The first-order chi connectivity index (χ1) is 13.5. The van der Waals surface area contributed by atoms with Crippen LogP contribution in [0.4, 0.5) is 0 Å². The second-order valence-corrected chi connectivity index (χ2v) is 15.4. The number of methoxy groups -OCH3 is 1. The van der Waals surface area contributed by atoms with Crippen LogP contribution in [0.25, 0.3) is 0 Å². The lowest BCUT2D eigenvalue weighted by Gasteiger charge is -2.37. The molecule has 0 aromatic heterocycles. The Bertz CT molecular complexity index is 785. The van der Waals surface area contributed by atoms with Crippen molar-refractivity contribution in [2.24, 2.45) is 5.92 Å². The molecular formula is C20H29ClINO5Si. The summed E-state index contributed by atoms with van der Waals surface area (Å²) in [5.41, 5.74) is 0.908. The van der Waals surface area contributed by atoms with Crippen LogP contribution in [0.1, 0.15) is 26.3 Å². The first-order valence-corrected chi connectivity index (χ1v) is 14.1. The minimum atomic E-state index is -1.92. The van der Waals surface area contributed by atoms with Crippen LogP contribution in [0, 0.1) is 9.49 Å². The summed E-state index contributed by atoms with van der Waals surface area (Å²) < 4.78 is 18.1. The van der Waals surface area contributed by atoms with Crippen LogP contribution in [-0.4, -0.2) is 51.8 Å². The van der Waals surface area contributed by atoms with Gasteiger partial charge in [-0.15, -0.1) is 0 Å². The van der Waals surface area contributed by atoms with Gasteiger partial charge in [0.25, 0.3) is 0 Å². The van der Waals surface area contributed by atoms with Gasteiger partial charge in [0.1, 0.15) is 17.9 Å². The number of rotatable bonds is 6. The number of hydroxylamine groups is 2. The average Bonchev–Trinajstić information content (AvgIpc) is 3.17. The van der Waals surface area contributed by atoms with Crippen LogP contribution in [0.15, 0.2) is 12.1 Å². The normalized spacial score (nSPS) is 25.2. The lowest BCUT2D eigenvalue weighted by Crippen LogP contribution is -2.43. The first-order valence-electron chi connectivity index (χ1n) is 9.71. The Morgan fingerprint density at radius 3 is 2.66 bits per heavy atom. The molecule has 2 fully saturated rings. The molecule has 1 aromatic rings. The van der Waals surface area contributed by atoms with Gasteiger partial charge in [0.2, 0.25) is 0 Å². The summed E-state index contributed by atoms with van der Waals surface area (Å²) in [7, 11) is -0.302. The van der Waals surface area contributed by atoms with Crippen molar-refractivity contribution < 1.29 is 23.5 Å². The first kappa shape index (κ1) is 23.3. The minimum absolute atomic E-state index is 0.0374. The number of cyclic esters (lactones) is 1. The number of benzene rings is 1. The SMILES string of the molecule is COc1c(CN2O[C@@H](CO[Si](C)(C)C(C)(C)C)C3COC(=O)C32)ccc(Cl)c1I. The fraction of sp³-hybridized carbons (Fsp3) is 0.650. The second-order valence-electron chi connectivity index (χ2n) is 9.08. The lowest BCUT2D eigenvalue weighted by molar-refractivity contribution is -0.192. The predicted octanol–water partition coefficient (Wildman–Crippen LogP) is 4.63. The lowest BCUT2D eigenvalue weighted by atomic mass is 9.98. The maximum Gasteiger partial charge on any atom is 0.326 e. The fourth-order valence-electron chi connectivity index (χ4n) is 3.37. The van der Waals surface area contributed by atoms with Crippen LogP contribution in [0.5, 0.6) is 5.75 Å². The summed E-state index contributed by atoms with van der Waals surface area (Å²) in [6.45, 7) is 12.3. The van der Waals surface area contributed by atoms with Crippen molar-refractivity contribution in [1.82, 2.24) is 5.06 Å².